The van der Waals surface area contributed by atoms with Crippen molar-refractivity contribution in [3.63, 3.8) is 0 Å². The van der Waals surface area contributed by atoms with Crippen molar-refractivity contribution in [3.8, 4) is 0 Å². The molecule has 0 heterocycles. The van der Waals surface area contributed by atoms with Gasteiger partial charge in [-0.2, -0.15) is 0 Å². The monoisotopic (exact) mass is 1280 g/mol. The van der Waals surface area contributed by atoms with E-state index in [1.807, 2.05) is 0 Å². The fraction of sp³-hybridized carbons (Fsp3) is 0.643. The number of rotatable bonds is 12. The van der Waals surface area contributed by atoms with Gasteiger partial charge in [0.05, 0.1) is 0 Å². The van der Waals surface area contributed by atoms with Crippen molar-refractivity contribution in [1.29, 1.82) is 0 Å². The van der Waals surface area contributed by atoms with Gasteiger partial charge < -0.3 is 127 Å². The Balaban J connectivity index is -0.0000000264. The van der Waals surface area contributed by atoms with E-state index in [1.165, 1.54) is 0 Å². The van der Waals surface area contributed by atoms with E-state index in [9.17, 15) is 0 Å². The van der Waals surface area contributed by atoms with E-state index < -0.39 is 89.5 Å². The smallest absolute Gasteiger partial charge is 0.300 e. The molecule has 3 radical (unpaired) electrons. The number of hydrogen-bond donors (Lipinski definition) is 24. The van der Waals surface area contributed by atoms with Crippen molar-refractivity contribution in [3.05, 3.63) is 0 Å². The van der Waals surface area contributed by atoms with Crippen LogP contribution in [0.4, 0.5) is 0 Å². The van der Waals surface area contributed by atoms with Crippen LogP contribution in [0.15, 0.2) is 0 Å². The van der Waals surface area contributed by atoms with Gasteiger partial charge in [-0.3, -0.25) is 71.9 Å². The molecule has 0 aliphatic heterocycles. The topological polar surface area (TPSA) is 752 Å². The van der Waals surface area contributed by atoms with Crippen molar-refractivity contribution in [2.24, 2.45) is 34.4 Å². The fourth-order valence-electron chi connectivity index (χ4n) is 0.987. The van der Waals surface area contributed by atoms with Crippen molar-refractivity contribution in [2.45, 2.75) is 104 Å². The molecule has 0 saturated heterocycles. The van der Waals surface area contributed by atoms with Gasteiger partial charge >= 0.3 is 0 Å². The average molecular weight is 1280 g/mol. The standard InChI is InChI=1S/3C4H13N3.15C2H4O2.3Na/c3*5-1-3-7-4-2-6;15*1-2(3)4;;;/h3*7H,1-6H2;15*1H3,(H,3,4);;;. The first kappa shape index (κ1) is 143. The Kier molecular flexibility index (Phi) is 260. The summed E-state index contributed by atoms with van der Waals surface area (Å²) < 4.78 is 0. The predicted octanol–water partition coefficient (Wildman–Crippen LogP) is -4.30. The number of carboxylic acid groups (broad SMARTS) is 15. The van der Waals surface area contributed by atoms with Gasteiger partial charge in [-0.25, -0.2) is 0 Å². The van der Waals surface area contributed by atoms with Gasteiger partial charge in [0.1, 0.15) is 0 Å². The Morgan fingerprint density at radius 2 is 0.226 bits per heavy atom. The van der Waals surface area contributed by atoms with Crippen LogP contribution in [0.1, 0.15) is 104 Å². The maximum Gasteiger partial charge on any atom is 0.300 e. The summed E-state index contributed by atoms with van der Waals surface area (Å²) in [6, 6.07) is 0. The van der Waals surface area contributed by atoms with Crippen LogP contribution < -0.4 is 50.4 Å². The average Bonchev–Trinajstić information content (AvgIpc) is 3.16. The molecule has 0 aromatic heterocycles. The number of nitrogens with one attached hydrogen (secondary N) is 3. The van der Waals surface area contributed by atoms with Crippen LogP contribution >= 0.6 is 0 Å². The number of nitrogens with two attached hydrogens (primary N) is 6. The Bertz CT molecular complexity index is 1030. The molecule has 495 valence electrons. The third kappa shape index (κ3) is 9820. The summed E-state index contributed by atoms with van der Waals surface area (Å²) in [7, 11) is 0. The van der Waals surface area contributed by atoms with Crippen LogP contribution in [-0.2, 0) is 71.9 Å². The molecule has 42 heteroatoms. The summed E-state index contributed by atoms with van der Waals surface area (Å²) in [6.07, 6.45) is 0. The van der Waals surface area contributed by atoms with E-state index >= 15 is 0 Å². The van der Waals surface area contributed by atoms with E-state index in [1.54, 1.807) is 0 Å². The van der Waals surface area contributed by atoms with E-state index in [0.717, 1.165) is 143 Å². The summed E-state index contributed by atoms with van der Waals surface area (Å²) in [4.78, 5) is 135. The van der Waals surface area contributed by atoms with Crippen LogP contribution in [0, 0.1) is 0 Å². The summed E-state index contributed by atoms with van der Waals surface area (Å²) in [5.41, 5.74) is 31.0. The molecular formula is C42H99N9Na3O30. The quantitative estimate of drug-likeness (QED) is 0.0649. The molecule has 0 bridgehead atoms. The third-order valence-corrected chi connectivity index (χ3v) is 1.93. The van der Waals surface area contributed by atoms with E-state index in [0.29, 0.717) is 39.3 Å². The Labute approximate surface area is 555 Å². The van der Waals surface area contributed by atoms with Gasteiger partial charge in [0.15, 0.2) is 0 Å². The van der Waals surface area contributed by atoms with E-state index in [-0.39, 0.29) is 88.7 Å². The normalized spacial score (nSPS) is 6.82. The van der Waals surface area contributed by atoms with E-state index in [2.05, 4.69) is 16.0 Å². The molecule has 0 aromatic rings. The largest absolute Gasteiger partial charge is 0.481 e. The maximum absolute atomic E-state index is 9.00. The van der Waals surface area contributed by atoms with Crippen LogP contribution in [0.25, 0.3) is 0 Å². The zero-order valence-corrected chi connectivity index (χ0v) is 57.8. The number of carbonyl (C=O) groups is 15. The van der Waals surface area contributed by atoms with Crippen LogP contribution in [0.3, 0.4) is 0 Å². The van der Waals surface area contributed by atoms with Crippen LogP contribution in [-0.4, -0.2) is 333 Å². The molecule has 0 fully saturated rings. The zero-order valence-electron chi connectivity index (χ0n) is 51.8. The number of aliphatic carboxylic acids is 15. The van der Waals surface area contributed by atoms with Gasteiger partial charge in [0, 0.05) is 271 Å². The van der Waals surface area contributed by atoms with Gasteiger partial charge in [0.25, 0.3) is 89.5 Å². The van der Waals surface area contributed by atoms with E-state index in [4.69, 9.17) is 183 Å². The number of hydrogen-bond acceptors (Lipinski definition) is 24. The molecule has 0 aliphatic rings. The second-order valence-corrected chi connectivity index (χ2v) is 11.8. The molecule has 0 amide bonds. The molecular weight excluding hydrogens is 1180 g/mol. The minimum Gasteiger partial charge on any atom is -0.481 e. The van der Waals surface area contributed by atoms with Gasteiger partial charge in [-0.15, -0.1) is 0 Å². The SMILES string of the molecule is CC(=O)O.CC(=O)O.CC(=O)O.CC(=O)O.CC(=O)O.CC(=O)O.CC(=O)O.CC(=O)O.CC(=O)O.CC(=O)O.CC(=O)O.CC(=O)O.CC(=O)O.CC(=O)O.CC(=O)O.NCCNCCN.NCCNCCN.NCCNCCN.[Na].[Na].[Na]. The second kappa shape index (κ2) is 153. The first-order valence-corrected chi connectivity index (χ1v) is 21.5. The van der Waals surface area contributed by atoms with Crippen LogP contribution in [0.2, 0.25) is 0 Å². The molecule has 30 N–H and O–H groups in total. The third-order valence-electron chi connectivity index (χ3n) is 1.93. The van der Waals surface area contributed by atoms with Gasteiger partial charge in [-0.1, -0.05) is 0 Å². The molecule has 0 spiro atoms. The summed E-state index contributed by atoms with van der Waals surface area (Å²) in [5, 5.41) is 120. The Hall–Kier alpha value is -5.31. The molecule has 0 aliphatic carbocycles. The van der Waals surface area contributed by atoms with Crippen LogP contribution in [0.5, 0.6) is 0 Å². The maximum atomic E-state index is 9.00. The van der Waals surface area contributed by atoms with Crippen molar-refractivity contribution in [1.82, 2.24) is 16.0 Å². The van der Waals surface area contributed by atoms with Gasteiger partial charge in [0.2, 0.25) is 0 Å². The first-order chi connectivity index (χ1) is 36.2. The molecule has 84 heavy (non-hydrogen) atoms. The molecule has 0 rings (SSSR count). The van der Waals surface area contributed by atoms with Crippen molar-refractivity contribution < 1.29 is 149 Å². The molecule has 0 unspecified atom stereocenters. The molecule has 0 aromatic carbocycles. The zero-order chi connectivity index (χ0) is 70.3. The minimum atomic E-state index is -0.833. The summed E-state index contributed by atoms with van der Waals surface area (Å²) in [6.45, 7) is 25.6. The molecule has 39 nitrogen and oxygen atoms in total. The molecule has 0 saturated carbocycles. The number of carboxylic acids is 15. The minimum absolute atomic E-state index is 0. The van der Waals surface area contributed by atoms with Crippen molar-refractivity contribution >= 4 is 178 Å². The second-order valence-electron chi connectivity index (χ2n) is 11.8. The van der Waals surface area contributed by atoms with Crippen molar-refractivity contribution in [2.75, 3.05) is 78.5 Å². The predicted molar refractivity (Wildman–Crippen MR) is 310 cm³/mol. The summed E-state index contributed by atoms with van der Waals surface area (Å²) in [5.74, 6) is -12.5. The first-order valence-electron chi connectivity index (χ1n) is 21.5. The van der Waals surface area contributed by atoms with Gasteiger partial charge in [-0.05, 0) is 0 Å². The summed E-state index contributed by atoms with van der Waals surface area (Å²) >= 11 is 0. The fourth-order valence-corrected chi connectivity index (χ4v) is 0.987. The molecule has 0 atom stereocenters. The Morgan fingerprint density at radius 3 is 0.250 bits per heavy atom. The Morgan fingerprint density at radius 1 is 0.190 bits per heavy atom.